The number of guanidine groups is 1. The Labute approximate surface area is 165 Å². The van der Waals surface area contributed by atoms with Crippen LogP contribution in [0, 0.1) is 0 Å². The lowest BCUT2D eigenvalue weighted by molar-refractivity contribution is 0.0951. The van der Waals surface area contributed by atoms with Crippen LogP contribution in [-0.2, 0) is 6.54 Å². The van der Waals surface area contributed by atoms with Crippen LogP contribution in [0.1, 0.15) is 41.6 Å². The maximum atomic E-state index is 12.4. The number of benzene rings is 2. The minimum Gasteiger partial charge on any atom is -0.490 e. The highest BCUT2D eigenvalue weighted by Gasteiger charge is 2.16. The third-order valence-electron chi connectivity index (χ3n) is 5.07. The van der Waals surface area contributed by atoms with Gasteiger partial charge in [0, 0.05) is 24.3 Å². The Bertz CT molecular complexity index is 825. The van der Waals surface area contributed by atoms with Crippen molar-refractivity contribution in [2.45, 2.75) is 38.3 Å². The molecule has 6 nitrogen and oxygen atoms in total. The molecular formula is C22H26N4O2. The van der Waals surface area contributed by atoms with Crippen molar-refractivity contribution in [3.05, 3.63) is 59.7 Å². The zero-order valence-electron chi connectivity index (χ0n) is 15.9. The summed E-state index contributed by atoms with van der Waals surface area (Å²) in [7, 11) is 0. The number of aliphatic imine (C=N–C) groups is 1. The zero-order chi connectivity index (χ0) is 19.2. The van der Waals surface area contributed by atoms with E-state index in [-0.39, 0.29) is 5.91 Å². The first-order valence-corrected chi connectivity index (χ1v) is 9.95. The fourth-order valence-corrected chi connectivity index (χ4v) is 3.49. The van der Waals surface area contributed by atoms with Crippen LogP contribution in [-0.4, -0.2) is 31.1 Å². The number of rotatable bonds is 6. The highest BCUT2D eigenvalue weighted by atomic mass is 16.5. The number of hydrogen-bond donors (Lipinski definition) is 3. The number of hydrogen-bond acceptors (Lipinski definition) is 5. The van der Waals surface area contributed by atoms with E-state index in [4.69, 9.17) is 4.74 Å². The van der Waals surface area contributed by atoms with Crippen molar-refractivity contribution < 1.29 is 9.53 Å². The third-order valence-corrected chi connectivity index (χ3v) is 5.07. The first kappa shape index (κ1) is 18.3. The topological polar surface area (TPSA) is 74.8 Å². The second-order valence-electron chi connectivity index (χ2n) is 7.21. The fourth-order valence-electron chi connectivity index (χ4n) is 3.49. The van der Waals surface area contributed by atoms with Crippen LogP contribution in [0.15, 0.2) is 53.5 Å². The molecule has 1 aliphatic heterocycles. The Morgan fingerprint density at radius 1 is 1.07 bits per heavy atom. The molecule has 0 aromatic heterocycles. The summed E-state index contributed by atoms with van der Waals surface area (Å²) in [6, 6.07) is 15.4. The molecule has 1 aliphatic carbocycles. The molecule has 4 rings (SSSR count). The zero-order valence-corrected chi connectivity index (χ0v) is 15.9. The number of anilines is 1. The van der Waals surface area contributed by atoms with Crippen LogP contribution < -0.4 is 20.7 Å². The van der Waals surface area contributed by atoms with Crippen LogP contribution in [0.3, 0.4) is 0 Å². The van der Waals surface area contributed by atoms with Gasteiger partial charge in [0.1, 0.15) is 5.75 Å². The molecule has 0 unspecified atom stereocenters. The predicted molar refractivity (Wildman–Crippen MR) is 111 cm³/mol. The Hall–Kier alpha value is -3.02. The van der Waals surface area contributed by atoms with E-state index in [0.29, 0.717) is 18.2 Å². The number of carbonyl (C=O) groups is 1. The van der Waals surface area contributed by atoms with Gasteiger partial charge in [-0.05, 0) is 67.6 Å². The van der Waals surface area contributed by atoms with E-state index in [1.54, 1.807) is 0 Å². The molecule has 28 heavy (non-hydrogen) atoms. The molecule has 3 N–H and O–H groups in total. The molecule has 1 heterocycles. The van der Waals surface area contributed by atoms with Gasteiger partial charge in [-0.25, -0.2) is 0 Å². The molecular weight excluding hydrogens is 352 g/mol. The van der Waals surface area contributed by atoms with Crippen molar-refractivity contribution in [2.24, 2.45) is 4.99 Å². The molecule has 2 aromatic rings. The quantitative estimate of drug-likeness (QED) is 0.721. The van der Waals surface area contributed by atoms with Gasteiger partial charge in [-0.2, -0.15) is 0 Å². The summed E-state index contributed by atoms with van der Waals surface area (Å²) < 4.78 is 5.95. The number of ether oxygens (including phenoxy) is 1. The van der Waals surface area contributed by atoms with Gasteiger partial charge in [0.2, 0.25) is 0 Å². The Balaban J connectivity index is 1.26. The van der Waals surface area contributed by atoms with Crippen LogP contribution in [0.4, 0.5) is 5.69 Å². The van der Waals surface area contributed by atoms with Gasteiger partial charge in [-0.3, -0.25) is 9.79 Å². The average molecular weight is 378 g/mol. The van der Waals surface area contributed by atoms with E-state index in [9.17, 15) is 4.79 Å². The first-order chi connectivity index (χ1) is 13.8. The molecule has 0 radical (unpaired) electrons. The summed E-state index contributed by atoms with van der Waals surface area (Å²) >= 11 is 0. The van der Waals surface area contributed by atoms with E-state index < -0.39 is 0 Å². The number of amides is 1. The van der Waals surface area contributed by atoms with Crippen molar-refractivity contribution in [2.75, 3.05) is 18.4 Å². The van der Waals surface area contributed by atoms with Crippen LogP contribution in [0.5, 0.6) is 5.75 Å². The van der Waals surface area contributed by atoms with Crippen molar-refractivity contribution >= 4 is 17.6 Å². The van der Waals surface area contributed by atoms with E-state index >= 15 is 0 Å². The summed E-state index contributed by atoms with van der Waals surface area (Å²) in [6.45, 7) is 2.17. The Morgan fingerprint density at radius 3 is 2.50 bits per heavy atom. The van der Waals surface area contributed by atoms with Crippen molar-refractivity contribution in [3.63, 3.8) is 0 Å². The van der Waals surface area contributed by atoms with Gasteiger partial charge in [-0.15, -0.1) is 0 Å². The van der Waals surface area contributed by atoms with Crippen molar-refractivity contribution in [3.8, 4) is 5.75 Å². The number of carbonyl (C=O) groups excluding carboxylic acids is 1. The molecule has 0 saturated heterocycles. The van der Waals surface area contributed by atoms with E-state index in [0.717, 1.165) is 48.9 Å². The molecule has 146 valence electrons. The summed E-state index contributed by atoms with van der Waals surface area (Å²) in [5.74, 6) is 1.56. The summed E-state index contributed by atoms with van der Waals surface area (Å²) in [5, 5.41) is 9.37. The van der Waals surface area contributed by atoms with E-state index in [1.165, 1.54) is 12.8 Å². The lowest BCUT2D eigenvalue weighted by Crippen LogP contribution is -2.26. The second-order valence-corrected chi connectivity index (χ2v) is 7.21. The maximum Gasteiger partial charge on any atom is 0.251 e. The van der Waals surface area contributed by atoms with Crippen LogP contribution in [0.2, 0.25) is 0 Å². The number of nitrogens with one attached hydrogen (secondary N) is 3. The smallest absolute Gasteiger partial charge is 0.251 e. The normalized spacial score (nSPS) is 16.4. The fraction of sp³-hybridized carbons (Fsp3) is 0.364. The molecule has 1 saturated carbocycles. The average Bonchev–Trinajstić information content (AvgIpc) is 3.42. The molecule has 6 heteroatoms. The van der Waals surface area contributed by atoms with E-state index in [2.05, 4.69) is 20.9 Å². The highest BCUT2D eigenvalue weighted by molar-refractivity contribution is 5.95. The second kappa shape index (κ2) is 8.78. The van der Waals surface area contributed by atoms with E-state index in [1.807, 2.05) is 48.5 Å². The lowest BCUT2D eigenvalue weighted by atomic mass is 10.1. The summed E-state index contributed by atoms with van der Waals surface area (Å²) in [5.41, 5.74) is 2.66. The van der Waals surface area contributed by atoms with Gasteiger partial charge >= 0.3 is 0 Å². The molecule has 0 bridgehead atoms. The molecule has 0 spiro atoms. The van der Waals surface area contributed by atoms with Gasteiger partial charge in [0.05, 0.1) is 12.6 Å². The summed E-state index contributed by atoms with van der Waals surface area (Å²) in [6.07, 6.45) is 5.07. The third kappa shape index (κ3) is 4.82. The van der Waals surface area contributed by atoms with Crippen molar-refractivity contribution in [1.82, 2.24) is 10.6 Å². The predicted octanol–water partition coefficient (Wildman–Crippen LogP) is 3.31. The van der Waals surface area contributed by atoms with Gasteiger partial charge in [0.15, 0.2) is 5.96 Å². The van der Waals surface area contributed by atoms with Crippen LogP contribution in [0.25, 0.3) is 0 Å². The molecule has 1 fully saturated rings. The lowest BCUT2D eigenvalue weighted by Gasteiger charge is -2.13. The highest BCUT2D eigenvalue weighted by Crippen LogP contribution is 2.24. The summed E-state index contributed by atoms with van der Waals surface area (Å²) in [4.78, 5) is 16.7. The largest absolute Gasteiger partial charge is 0.490 e. The molecule has 2 aromatic carbocycles. The molecule has 1 amide bonds. The minimum atomic E-state index is -0.0841. The minimum absolute atomic E-state index is 0.0841. The maximum absolute atomic E-state index is 12.4. The van der Waals surface area contributed by atoms with Gasteiger partial charge in [0.25, 0.3) is 5.91 Å². The number of nitrogens with zero attached hydrogens (tertiary/aromatic N) is 1. The SMILES string of the molecule is O=C(NCc1ccc(NC2=NCCN2)cc1)c1ccc(OC2CCCC2)cc1. The van der Waals surface area contributed by atoms with Gasteiger partial charge < -0.3 is 20.7 Å². The monoisotopic (exact) mass is 378 g/mol. The standard InChI is InChI=1S/C22H26N4O2/c27-21(17-7-11-20(12-8-17)28-19-3-1-2-4-19)25-15-16-5-9-18(10-6-16)26-22-23-13-14-24-22/h5-12,19H,1-4,13-15H2,(H,25,27)(H2,23,24,26). The van der Waals surface area contributed by atoms with Crippen molar-refractivity contribution in [1.29, 1.82) is 0 Å². The Morgan fingerprint density at radius 2 is 1.82 bits per heavy atom. The van der Waals surface area contributed by atoms with Gasteiger partial charge in [-0.1, -0.05) is 12.1 Å². The molecule has 2 aliphatic rings. The molecule has 0 atom stereocenters. The Kier molecular flexibility index (Phi) is 5.75. The first-order valence-electron chi connectivity index (χ1n) is 9.95. The van der Waals surface area contributed by atoms with Crippen LogP contribution >= 0.6 is 0 Å².